The molecule has 2 N–H and O–H groups in total. The van der Waals surface area contributed by atoms with Gasteiger partial charge in [-0.1, -0.05) is 0 Å². The molecular formula is C16H23N5O3. The number of rotatable bonds is 6. The van der Waals surface area contributed by atoms with Crippen molar-refractivity contribution in [3.63, 3.8) is 0 Å². The number of amides is 1. The molecule has 0 unspecified atom stereocenters. The van der Waals surface area contributed by atoms with Crippen molar-refractivity contribution in [3.05, 3.63) is 29.2 Å². The third-order valence-electron chi connectivity index (χ3n) is 4.21. The Morgan fingerprint density at radius 3 is 2.50 bits per heavy atom. The van der Waals surface area contributed by atoms with Crippen LogP contribution in [0.15, 0.2) is 12.3 Å². The monoisotopic (exact) mass is 333 g/mol. The zero-order valence-corrected chi connectivity index (χ0v) is 14.6. The minimum atomic E-state index is -1.17. The van der Waals surface area contributed by atoms with Crippen LogP contribution < -0.4 is 5.32 Å². The first-order chi connectivity index (χ1) is 11.1. The third kappa shape index (κ3) is 3.47. The summed E-state index contributed by atoms with van der Waals surface area (Å²) in [6.07, 6.45) is 2.44. The minimum absolute atomic E-state index is 0.170. The highest BCUT2D eigenvalue weighted by molar-refractivity contribution is 5.89. The van der Waals surface area contributed by atoms with E-state index in [2.05, 4.69) is 15.5 Å². The number of carbonyl (C=O) groups excluding carboxylic acids is 1. The highest BCUT2D eigenvalue weighted by Gasteiger charge is 2.30. The Bertz CT molecular complexity index is 773. The lowest BCUT2D eigenvalue weighted by Gasteiger charge is -2.19. The predicted octanol–water partition coefficient (Wildman–Crippen LogP) is 1.62. The number of nitrogens with zero attached hydrogens (tertiary/aromatic N) is 4. The van der Waals surface area contributed by atoms with E-state index in [0.29, 0.717) is 18.7 Å². The van der Waals surface area contributed by atoms with Crippen molar-refractivity contribution in [3.8, 4) is 0 Å². The molecule has 8 nitrogen and oxygen atoms in total. The topological polar surface area (TPSA) is 102 Å². The normalized spacial score (nSPS) is 11.5. The summed E-state index contributed by atoms with van der Waals surface area (Å²) in [4.78, 5) is 23.3. The van der Waals surface area contributed by atoms with Crippen LogP contribution in [-0.4, -0.2) is 36.5 Å². The number of carboxylic acid groups (broad SMARTS) is 1. The first kappa shape index (κ1) is 17.7. The standard InChI is InChI=1S/C16H23N5O3/c1-10-12(11(2)20(5)18-10)6-7-14(22)17-13-8-9-21(19-13)16(3,4)15(23)24/h8-9H,6-7H2,1-5H3,(H,23,24)(H,17,19,22). The van der Waals surface area contributed by atoms with Crippen LogP contribution in [0.3, 0.4) is 0 Å². The van der Waals surface area contributed by atoms with Crippen molar-refractivity contribution in [2.24, 2.45) is 7.05 Å². The molecule has 2 aromatic rings. The van der Waals surface area contributed by atoms with E-state index in [1.165, 1.54) is 4.68 Å². The molecule has 0 aliphatic heterocycles. The second kappa shape index (κ2) is 6.46. The Balaban J connectivity index is 1.98. The summed E-state index contributed by atoms with van der Waals surface area (Å²) in [6, 6.07) is 1.59. The lowest BCUT2D eigenvalue weighted by molar-refractivity contribution is -0.146. The van der Waals surface area contributed by atoms with Gasteiger partial charge in [0.15, 0.2) is 11.4 Å². The summed E-state index contributed by atoms with van der Waals surface area (Å²) < 4.78 is 3.12. The van der Waals surface area contributed by atoms with Crippen molar-refractivity contribution in [1.82, 2.24) is 19.6 Å². The summed E-state index contributed by atoms with van der Waals surface area (Å²) in [6.45, 7) is 6.99. The van der Waals surface area contributed by atoms with Crippen molar-refractivity contribution in [2.75, 3.05) is 5.32 Å². The van der Waals surface area contributed by atoms with Gasteiger partial charge in [-0.2, -0.15) is 10.2 Å². The largest absolute Gasteiger partial charge is 0.479 e. The lowest BCUT2D eigenvalue weighted by Crippen LogP contribution is -2.36. The molecule has 130 valence electrons. The number of nitrogens with one attached hydrogen (secondary N) is 1. The average Bonchev–Trinajstić information content (AvgIpc) is 3.04. The number of aromatic nitrogens is 4. The number of carboxylic acids is 1. The zero-order chi connectivity index (χ0) is 18.1. The van der Waals surface area contributed by atoms with E-state index in [0.717, 1.165) is 17.0 Å². The van der Waals surface area contributed by atoms with Crippen LogP contribution in [0.5, 0.6) is 0 Å². The highest BCUT2D eigenvalue weighted by atomic mass is 16.4. The molecule has 24 heavy (non-hydrogen) atoms. The van der Waals surface area contributed by atoms with Gasteiger partial charge in [0.1, 0.15) is 0 Å². The van der Waals surface area contributed by atoms with Gasteiger partial charge in [0.05, 0.1) is 5.69 Å². The Kier molecular flexibility index (Phi) is 4.77. The van der Waals surface area contributed by atoms with Gasteiger partial charge in [0.2, 0.25) is 5.91 Å². The van der Waals surface area contributed by atoms with E-state index in [4.69, 9.17) is 0 Å². The fourth-order valence-electron chi connectivity index (χ4n) is 2.42. The van der Waals surface area contributed by atoms with Gasteiger partial charge < -0.3 is 10.4 Å². The van der Waals surface area contributed by atoms with Crippen molar-refractivity contribution < 1.29 is 14.7 Å². The quantitative estimate of drug-likeness (QED) is 0.836. The van der Waals surface area contributed by atoms with Gasteiger partial charge in [-0.25, -0.2) is 4.79 Å². The molecule has 2 aromatic heterocycles. The van der Waals surface area contributed by atoms with Crippen LogP contribution >= 0.6 is 0 Å². The van der Waals surface area contributed by atoms with E-state index in [9.17, 15) is 14.7 Å². The summed E-state index contributed by atoms with van der Waals surface area (Å²) in [5.41, 5.74) is 1.88. The average molecular weight is 333 g/mol. The molecule has 2 heterocycles. The second-order valence-electron chi connectivity index (χ2n) is 6.33. The Labute approximate surface area is 140 Å². The maximum absolute atomic E-state index is 12.1. The molecule has 0 saturated heterocycles. The molecule has 0 fully saturated rings. The molecule has 0 atom stereocenters. The van der Waals surface area contributed by atoms with E-state index >= 15 is 0 Å². The molecule has 1 amide bonds. The molecule has 0 aromatic carbocycles. The van der Waals surface area contributed by atoms with Crippen LogP contribution in [0.1, 0.15) is 37.2 Å². The SMILES string of the molecule is Cc1nn(C)c(C)c1CCC(=O)Nc1ccn(C(C)(C)C(=O)O)n1. The van der Waals surface area contributed by atoms with Crippen LogP contribution in [0, 0.1) is 13.8 Å². The molecule has 0 radical (unpaired) electrons. The van der Waals surface area contributed by atoms with Gasteiger partial charge in [-0.05, 0) is 39.7 Å². The maximum atomic E-state index is 12.1. The summed E-state index contributed by atoms with van der Waals surface area (Å²) >= 11 is 0. The van der Waals surface area contributed by atoms with Crippen molar-refractivity contribution >= 4 is 17.7 Å². The maximum Gasteiger partial charge on any atom is 0.331 e. The number of hydrogen-bond acceptors (Lipinski definition) is 4. The molecule has 2 rings (SSSR count). The van der Waals surface area contributed by atoms with Gasteiger partial charge in [0, 0.05) is 31.4 Å². The minimum Gasteiger partial charge on any atom is -0.479 e. The summed E-state index contributed by atoms with van der Waals surface area (Å²) in [7, 11) is 1.88. The van der Waals surface area contributed by atoms with E-state index in [-0.39, 0.29) is 5.91 Å². The number of hydrogen-bond donors (Lipinski definition) is 2. The van der Waals surface area contributed by atoms with E-state index in [1.54, 1.807) is 30.8 Å². The molecule has 0 aliphatic carbocycles. The molecule has 0 spiro atoms. The predicted molar refractivity (Wildman–Crippen MR) is 88.8 cm³/mol. The van der Waals surface area contributed by atoms with Crippen LogP contribution in [0.25, 0.3) is 0 Å². The van der Waals surface area contributed by atoms with Gasteiger partial charge in [-0.3, -0.25) is 14.2 Å². The zero-order valence-electron chi connectivity index (χ0n) is 14.6. The summed E-state index contributed by atoms with van der Waals surface area (Å²) in [5.74, 6) is -0.823. The van der Waals surface area contributed by atoms with Crippen LogP contribution in [0.4, 0.5) is 5.82 Å². The molecule has 8 heteroatoms. The number of anilines is 1. The number of aryl methyl sites for hydroxylation is 2. The Hall–Kier alpha value is -2.64. The van der Waals surface area contributed by atoms with Gasteiger partial charge in [0.25, 0.3) is 0 Å². The first-order valence-electron chi connectivity index (χ1n) is 7.71. The molecule has 0 aliphatic rings. The lowest BCUT2D eigenvalue weighted by atomic mass is 10.1. The fourth-order valence-corrected chi connectivity index (χ4v) is 2.42. The van der Waals surface area contributed by atoms with Gasteiger partial charge >= 0.3 is 5.97 Å². The molecule has 0 saturated carbocycles. The highest BCUT2D eigenvalue weighted by Crippen LogP contribution is 2.17. The Morgan fingerprint density at radius 2 is 1.96 bits per heavy atom. The fraction of sp³-hybridized carbons (Fsp3) is 0.500. The molecular weight excluding hydrogens is 310 g/mol. The smallest absolute Gasteiger partial charge is 0.331 e. The van der Waals surface area contributed by atoms with Crippen LogP contribution in [0.2, 0.25) is 0 Å². The summed E-state index contributed by atoms with van der Waals surface area (Å²) in [5, 5.41) is 20.4. The van der Waals surface area contributed by atoms with E-state index in [1.807, 2.05) is 20.9 Å². The van der Waals surface area contributed by atoms with Crippen LogP contribution in [-0.2, 0) is 28.6 Å². The van der Waals surface area contributed by atoms with E-state index < -0.39 is 11.5 Å². The third-order valence-corrected chi connectivity index (χ3v) is 4.21. The second-order valence-corrected chi connectivity index (χ2v) is 6.33. The Morgan fingerprint density at radius 1 is 1.29 bits per heavy atom. The van der Waals surface area contributed by atoms with Gasteiger partial charge in [-0.15, -0.1) is 0 Å². The molecule has 0 bridgehead atoms. The number of carbonyl (C=O) groups is 2. The van der Waals surface area contributed by atoms with Crippen molar-refractivity contribution in [2.45, 2.75) is 46.1 Å². The van der Waals surface area contributed by atoms with Crippen molar-refractivity contribution in [1.29, 1.82) is 0 Å². The first-order valence-corrected chi connectivity index (χ1v) is 7.71. The number of aliphatic carboxylic acids is 1.